The van der Waals surface area contributed by atoms with E-state index in [9.17, 15) is 13.8 Å². The molecule has 0 saturated carbocycles. The van der Waals surface area contributed by atoms with E-state index in [1.807, 2.05) is 18.2 Å². The lowest BCUT2D eigenvalue weighted by Crippen LogP contribution is -2.05. The summed E-state index contributed by atoms with van der Waals surface area (Å²) in [5.74, 6) is 0.259. The van der Waals surface area contributed by atoms with Crippen LogP contribution in [0.25, 0.3) is 5.57 Å². The highest BCUT2D eigenvalue weighted by atomic mass is 32.2. The number of benzene rings is 1. The molecule has 2 aliphatic rings. The first-order chi connectivity index (χ1) is 8.65. The van der Waals surface area contributed by atoms with E-state index in [0.717, 1.165) is 17.6 Å². The molecule has 1 heterocycles. The molecule has 5 heteroatoms. The molecule has 1 unspecified atom stereocenters. The van der Waals surface area contributed by atoms with Gasteiger partial charge in [0.25, 0.3) is 0 Å². The molecule has 1 aliphatic carbocycles. The van der Waals surface area contributed by atoms with E-state index in [1.165, 1.54) is 0 Å². The number of Topliss-reactive ketones (excluding diaryl/α,β-unsaturated/α-hetero) is 1. The molecule has 1 aliphatic heterocycles. The van der Waals surface area contributed by atoms with Crippen LogP contribution in [-0.2, 0) is 15.6 Å². The second-order valence-corrected chi connectivity index (χ2v) is 5.71. The molecule has 0 radical (unpaired) electrons. The Morgan fingerprint density at radius 1 is 1.17 bits per heavy atom. The number of allylic oxidation sites excluding steroid dienone is 2. The monoisotopic (exact) mass is 261 g/mol. The van der Waals surface area contributed by atoms with E-state index >= 15 is 0 Å². The van der Waals surface area contributed by atoms with Crippen molar-refractivity contribution >= 4 is 33.1 Å². The van der Waals surface area contributed by atoms with Crippen molar-refractivity contribution in [2.45, 2.75) is 24.2 Å². The summed E-state index contributed by atoms with van der Waals surface area (Å²) in [7, 11) is -1.59. The molecule has 1 N–H and O–H groups in total. The van der Waals surface area contributed by atoms with Crippen LogP contribution >= 0.6 is 0 Å². The van der Waals surface area contributed by atoms with Gasteiger partial charge in [-0.2, -0.15) is 0 Å². The van der Waals surface area contributed by atoms with E-state index in [1.54, 1.807) is 6.07 Å². The van der Waals surface area contributed by atoms with Crippen LogP contribution in [0.4, 0.5) is 10.5 Å². The molecule has 1 aromatic rings. The summed E-state index contributed by atoms with van der Waals surface area (Å²) in [6.07, 6.45) is 3.71. The fraction of sp³-hybridized carbons (Fsp3) is 0.231. The molecule has 0 fully saturated rings. The zero-order valence-electron chi connectivity index (χ0n) is 9.56. The standard InChI is InChI=1S/C13H11NO3S/c15-10-4-1-8(2-5-10)9-3-6-12-11(7-9)14-13(16)18(12)17/h1,3,6-7H,2,4-5H2,(H,14,16). The Hall–Kier alpha value is -1.75. The Bertz CT molecular complexity index is 619. The van der Waals surface area contributed by atoms with Crippen molar-refractivity contribution in [3.8, 4) is 0 Å². The molecule has 18 heavy (non-hydrogen) atoms. The van der Waals surface area contributed by atoms with Gasteiger partial charge in [-0.1, -0.05) is 12.1 Å². The zero-order chi connectivity index (χ0) is 12.7. The molecule has 0 spiro atoms. The van der Waals surface area contributed by atoms with Gasteiger partial charge in [0.1, 0.15) is 16.6 Å². The molecule has 0 saturated heterocycles. The molecule has 0 bridgehead atoms. The van der Waals surface area contributed by atoms with Crippen molar-refractivity contribution < 1.29 is 13.8 Å². The van der Waals surface area contributed by atoms with Crippen LogP contribution < -0.4 is 5.32 Å². The molecule has 1 atom stereocenters. The molecule has 4 nitrogen and oxygen atoms in total. The third-order valence-corrected chi connectivity index (χ3v) is 4.40. The van der Waals surface area contributed by atoms with Gasteiger partial charge in [0.05, 0.1) is 10.6 Å². The molecule has 1 aromatic carbocycles. The number of anilines is 1. The topological polar surface area (TPSA) is 63.2 Å². The van der Waals surface area contributed by atoms with Crippen molar-refractivity contribution in [2.24, 2.45) is 0 Å². The van der Waals surface area contributed by atoms with Crippen LogP contribution in [-0.4, -0.2) is 15.2 Å². The van der Waals surface area contributed by atoms with Crippen molar-refractivity contribution in [3.63, 3.8) is 0 Å². The summed E-state index contributed by atoms with van der Waals surface area (Å²) in [6, 6.07) is 5.41. The molecule has 3 rings (SSSR count). The first-order valence-corrected chi connectivity index (χ1v) is 6.88. The van der Waals surface area contributed by atoms with E-state index in [2.05, 4.69) is 5.32 Å². The van der Waals surface area contributed by atoms with Crippen LogP contribution in [0.5, 0.6) is 0 Å². The Morgan fingerprint density at radius 3 is 2.72 bits per heavy atom. The van der Waals surface area contributed by atoms with Gasteiger partial charge in [-0.05, 0) is 29.7 Å². The Morgan fingerprint density at radius 2 is 2.00 bits per heavy atom. The van der Waals surface area contributed by atoms with Crippen molar-refractivity contribution in [1.29, 1.82) is 0 Å². The normalized spacial score (nSPS) is 22.4. The summed E-state index contributed by atoms with van der Waals surface area (Å²) in [5, 5.41) is 2.14. The maximum Gasteiger partial charge on any atom is 0.318 e. The third kappa shape index (κ3) is 1.80. The molecule has 1 amide bonds. The lowest BCUT2D eigenvalue weighted by Gasteiger charge is -2.13. The predicted molar refractivity (Wildman–Crippen MR) is 68.7 cm³/mol. The van der Waals surface area contributed by atoms with Crippen molar-refractivity contribution in [3.05, 3.63) is 29.8 Å². The number of hydrogen-bond donors (Lipinski definition) is 1. The van der Waals surface area contributed by atoms with Gasteiger partial charge >= 0.3 is 5.24 Å². The number of nitrogens with one attached hydrogen (secondary N) is 1. The van der Waals surface area contributed by atoms with Crippen LogP contribution in [0.3, 0.4) is 0 Å². The largest absolute Gasteiger partial charge is 0.318 e. The van der Waals surface area contributed by atoms with Crippen LogP contribution in [0.15, 0.2) is 29.2 Å². The lowest BCUT2D eigenvalue weighted by molar-refractivity contribution is -0.118. The number of ketones is 1. The zero-order valence-corrected chi connectivity index (χ0v) is 10.4. The molecular weight excluding hydrogens is 250 g/mol. The Labute approximate surface area is 107 Å². The van der Waals surface area contributed by atoms with Gasteiger partial charge in [0, 0.05) is 12.8 Å². The van der Waals surface area contributed by atoms with Gasteiger partial charge < -0.3 is 5.32 Å². The minimum Gasteiger partial charge on any atom is -0.313 e. The highest BCUT2D eigenvalue weighted by Gasteiger charge is 2.27. The van der Waals surface area contributed by atoms with Crippen LogP contribution in [0.1, 0.15) is 24.8 Å². The number of hydrogen-bond acceptors (Lipinski definition) is 3. The van der Waals surface area contributed by atoms with Gasteiger partial charge in [-0.25, -0.2) is 4.21 Å². The molecule has 92 valence electrons. The fourth-order valence-corrected chi connectivity index (χ4v) is 3.13. The van der Waals surface area contributed by atoms with E-state index in [0.29, 0.717) is 23.4 Å². The predicted octanol–water partition coefficient (Wildman–Crippen LogP) is 2.48. The van der Waals surface area contributed by atoms with E-state index in [4.69, 9.17) is 0 Å². The number of rotatable bonds is 1. The van der Waals surface area contributed by atoms with Crippen molar-refractivity contribution in [2.75, 3.05) is 5.32 Å². The minimum atomic E-state index is -1.59. The number of carbonyl (C=O) groups excluding carboxylic acids is 2. The second-order valence-electron chi connectivity index (χ2n) is 4.36. The average Bonchev–Trinajstić information content (AvgIpc) is 2.65. The van der Waals surface area contributed by atoms with Gasteiger partial charge in [0.15, 0.2) is 0 Å². The smallest absolute Gasteiger partial charge is 0.313 e. The quantitative estimate of drug-likeness (QED) is 0.844. The average molecular weight is 261 g/mol. The first kappa shape index (κ1) is 11.3. The summed E-state index contributed by atoms with van der Waals surface area (Å²) in [5.41, 5.74) is 2.72. The van der Waals surface area contributed by atoms with E-state index < -0.39 is 16.0 Å². The number of carbonyl (C=O) groups is 2. The highest BCUT2D eigenvalue weighted by molar-refractivity contribution is 8.01. The summed E-state index contributed by atoms with van der Waals surface area (Å²) < 4.78 is 11.6. The highest BCUT2D eigenvalue weighted by Crippen LogP contribution is 2.33. The lowest BCUT2D eigenvalue weighted by atomic mass is 9.93. The molecular formula is C13H11NO3S. The summed E-state index contributed by atoms with van der Waals surface area (Å²) in [6.45, 7) is 0. The van der Waals surface area contributed by atoms with E-state index in [-0.39, 0.29) is 5.78 Å². The number of amides is 1. The SMILES string of the molecule is O=C1CC=C(c2ccc3c(c2)NC(=O)S3=O)CC1. The second kappa shape index (κ2) is 4.17. The fourth-order valence-electron chi connectivity index (χ4n) is 2.22. The summed E-state index contributed by atoms with van der Waals surface area (Å²) >= 11 is 0. The van der Waals surface area contributed by atoms with Crippen LogP contribution in [0, 0.1) is 0 Å². The maximum atomic E-state index is 11.6. The minimum absolute atomic E-state index is 0.259. The first-order valence-electron chi connectivity index (χ1n) is 5.73. The maximum absolute atomic E-state index is 11.6. The summed E-state index contributed by atoms with van der Waals surface area (Å²) in [4.78, 5) is 23.0. The Kier molecular flexibility index (Phi) is 2.63. The van der Waals surface area contributed by atoms with Crippen LogP contribution in [0.2, 0.25) is 0 Å². The third-order valence-electron chi connectivity index (χ3n) is 3.20. The van der Waals surface area contributed by atoms with Gasteiger partial charge in [0.2, 0.25) is 0 Å². The molecule has 0 aromatic heterocycles. The Balaban J connectivity index is 1.97. The van der Waals surface area contributed by atoms with Gasteiger partial charge in [-0.3, -0.25) is 9.59 Å². The van der Waals surface area contributed by atoms with Gasteiger partial charge in [-0.15, -0.1) is 0 Å². The van der Waals surface area contributed by atoms with Crippen molar-refractivity contribution in [1.82, 2.24) is 0 Å². The number of fused-ring (bicyclic) bond motifs is 1.